The third-order valence-electron chi connectivity index (χ3n) is 4.99. The van der Waals surface area contributed by atoms with Gasteiger partial charge in [0.2, 0.25) is 0 Å². The van der Waals surface area contributed by atoms with Crippen LogP contribution in [0.3, 0.4) is 0 Å². The van der Waals surface area contributed by atoms with Crippen LogP contribution in [0.2, 0.25) is 0 Å². The average Bonchev–Trinajstić information content (AvgIpc) is 3.38. The summed E-state index contributed by atoms with van der Waals surface area (Å²) in [5, 5.41) is 7.76. The number of benzene rings is 1. The van der Waals surface area contributed by atoms with Crippen LogP contribution in [0, 0.1) is 11.7 Å². The number of rotatable bonds is 6. The molecule has 0 amide bonds. The molecule has 1 aliphatic carbocycles. The third-order valence-corrected chi connectivity index (χ3v) is 4.99. The van der Waals surface area contributed by atoms with E-state index in [1.165, 1.54) is 28.8 Å². The summed E-state index contributed by atoms with van der Waals surface area (Å²) in [4.78, 5) is 0. The Labute approximate surface area is 159 Å². The highest BCUT2D eigenvalue weighted by Crippen LogP contribution is 2.40. The van der Waals surface area contributed by atoms with E-state index in [2.05, 4.69) is 10.2 Å². The van der Waals surface area contributed by atoms with E-state index in [9.17, 15) is 17.6 Å². The van der Waals surface area contributed by atoms with Gasteiger partial charge in [-0.3, -0.25) is 4.40 Å². The molecule has 2 heterocycles. The number of alkyl halides is 3. The van der Waals surface area contributed by atoms with Gasteiger partial charge >= 0.3 is 6.18 Å². The SMILES string of the molecule is C[C@H](COc1ccn2c(CC3CC3)nnc2c1C(F)(F)F)c1ccc(F)cc1. The van der Waals surface area contributed by atoms with Crippen LogP contribution in [0.15, 0.2) is 36.5 Å². The molecule has 0 saturated heterocycles. The van der Waals surface area contributed by atoms with E-state index >= 15 is 0 Å². The summed E-state index contributed by atoms with van der Waals surface area (Å²) in [5.41, 5.74) is -0.379. The fourth-order valence-corrected chi connectivity index (χ4v) is 3.19. The van der Waals surface area contributed by atoms with Crippen molar-refractivity contribution >= 4 is 5.65 Å². The molecule has 4 nitrogen and oxygen atoms in total. The molecule has 1 saturated carbocycles. The third kappa shape index (κ3) is 3.81. The van der Waals surface area contributed by atoms with Crippen LogP contribution >= 0.6 is 0 Å². The number of aromatic nitrogens is 3. The monoisotopic (exact) mass is 393 g/mol. The molecule has 8 heteroatoms. The molecule has 1 aromatic carbocycles. The van der Waals surface area contributed by atoms with Gasteiger partial charge in [-0.1, -0.05) is 19.1 Å². The van der Waals surface area contributed by atoms with Gasteiger partial charge in [-0.2, -0.15) is 13.2 Å². The molecule has 0 bridgehead atoms. The standard InChI is InChI=1S/C20H19F4N3O/c1-12(14-4-6-15(21)7-5-14)11-28-16-8-9-27-17(10-13-2-3-13)25-26-19(27)18(16)20(22,23)24/h4-9,12-13H,2-3,10-11H2,1H3/t12-/m1/s1. The highest BCUT2D eigenvalue weighted by atomic mass is 19.4. The number of fused-ring (bicyclic) bond motifs is 1. The largest absolute Gasteiger partial charge is 0.492 e. The summed E-state index contributed by atoms with van der Waals surface area (Å²) in [6.07, 6.45) is -0.325. The van der Waals surface area contributed by atoms with Gasteiger partial charge in [0.15, 0.2) is 5.65 Å². The van der Waals surface area contributed by atoms with Crippen molar-refractivity contribution in [2.24, 2.45) is 5.92 Å². The zero-order valence-electron chi connectivity index (χ0n) is 15.2. The Balaban J connectivity index is 1.61. The molecule has 148 valence electrons. The van der Waals surface area contributed by atoms with Crippen LogP contribution < -0.4 is 4.74 Å². The summed E-state index contributed by atoms with van der Waals surface area (Å²) in [7, 11) is 0. The Hall–Kier alpha value is -2.64. The molecular formula is C20H19F4N3O. The summed E-state index contributed by atoms with van der Waals surface area (Å²) in [6.45, 7) is 1.83. The predicted octanol–water partition coefficient (Wildman–Crippen LogP) is 5.02. The first kappa shape index (κ1) is 18.7. The van der Waals surface area contributed by atoms with Gasteiger partial charge in [0.25, 0.3) is 0 Å². The van der Waals surface area contributed by atoms with E-state index in [-0.39, 0.29) is 29.7 Å². The van der Waals surface area contributed by atoms with Crippen LogP contribution in [-0.2, 0) is 12.6 Å². The number of hydrogen-bond acceptors (Lipinski definition) is 3. The molecule has 1 atom stereocenters. The van der Waals surface area contributed by atoms with Crippen molar-refractivity contribution in [2.45, 2.75) is 38.3 Å². The first-order chi connectivity index (χ1) is 13.3. The Morgan fingerprint density at radius 1 is 1.14 bits per heavy atom. The first-order valence-electron chi connectivity index (χ1n) is 9.15. The van der Waals surface area contributed by atoms with E-state index in [4.69, 9.17) is 4.74 Å². The summed E-state index contributed by atoms with van der Waals surface area (Å²) < 4.78 is 61.2. The number of pyridine rings is 1. The van der Waals surface area contributed by atoms with Crippen LogP contribution in [0.5, 0.6) is 5.75 Å². The minimum absolute atomic E-state index is 0.0218. The van der Waals surface area contributed by atoms with Gasteiger partial charge in [-0.25, -0.2) is 4.39 Å². The topological polar surface area (TPSA) is 39.4 Å². The fraction of sp³-hybridized carbons (Fsp3) is 0.400. The number of nitrogens with zero attached hydrogens (tertiary/aromatic N) is 3. The van der Waals surface area contributed by atoms with Crippen molar-refractivity contribution in [1.82, 2.24) is 14.6 Å². The predicted molar refractivity (Wildman–Crippen MR) is 94.7 cm³/mol. The first-order valence-corrected chi connectivity index (χ1v) is 9.15. The van der Waals surface area contributed by atoms with Crippen molar-refractivity contribution in [3.8, 4) is 5.75 Å². The summed E-state index contributed by atoms with van der Waals surface area (Å²) in [5.74, 6) is 0.166. The van der Waals surface area contributed by atoms with Crippen molar-refractivity contribution in [1.29, 1.82) is 0 Å². The highest BCUT2D eigenvalue weighted by Gasteiger charge is 2.39. The van der Waals surface area contributed by atoms with E-state index in [1.54, 1.807) is 12.1 Å². The van der Waals surface area contributed by atoms with Gasteiger partial charge in [-0.05, 0) is 42.5 Å². The molecule has 3 aromatic rings. The molecule has 28 heavy (non-hydrogen) atoms. The van der Waals surface area contributed by atoms with Gasteiger partial charge in [0, 0.05) is 18.5 Å². The Kier molecular flexibility index (Phi) is 4.72. The maximum atomic E-state index is 13.8. The molecule has 1 aliphatic rings. The van der Waals surface area contributed by atoms with Gasteiger partial charge in [0.05, 0.1) is 6.61 Å². The zero-order valence-corrected chi connectivity index (χ0v) is 15.2. The molecule has 0 radical (unpaired) electrons. The maximum Gasteiger partial charge on any atom is 0.423 e. The van der Waals surface area contributed by atoms with E-state index in [0.29, 0.717) is 18.2 Å². The lowest BCUT2D eigenvalue weighted by molar-refractivity contribution is -0.138. The van der Waals surface area contributed by atoms with Crippen molar-refractivity contribution in [3.05, 3.63) is 59.3 Å². The van der Waals surface area contributed by atoms with Gasteiger partial charge in [-0.15, -0.1) is 10.2 Å². The van der Waals surface area contributed by atoms with Crippen molar-refractivity contribution in [2.75, 3.05) is 6.61 Å². The van der Waals surface area contributed by atoms with Crippen LogP contribution in [-0.4, -0.2) is 21.2 Å². The summed E-state index contributed by atoms with van der Waals surface area (Å²) >= 11 is 0. The van der Waals surface area contributed by atoms with Crippen LogP contribution in [0.1, 0.15) is 42.6 Å². The average molecular weight is 393 g/mol. The normalized spacial score (nSPS) is 15.8. The molecule has 1 fully saturated rings. The fourth-order valence-electron chi connectivity index (χ4n) is 3.19. The Morgan fingerprint density at radius 3 is 2.50 bits per heavy atom. The Morgan fingerprint density at radius 2 is 1.86 bits per heavy atom. The molecule has 4 rings (SSSR count). The Bertz CT molecular complexity index is 978. The number of hydrogen-bond donors (Lipinski definition) is 0. The zero-order chi connectivity index (χ0) is 19.9. The minimum atomic E-state index is -4.62. The maximum absolute atomic E-state index is 13.8. The van der Waals surface area contributed by atoms with Crippen molar-refractivity contribution in [3.63, 3.8) is 0 Å². The number of halogens is 4. The highest BCUT2D eigenvalue weighted by molar-refractivity contribution is 5.56. The molecule has 2 aromatic heterocycles. The molecule has 0 N–H and O–H groups in total. The molecular weight excluding hydrogens is 374 g/mol. The quantitative estimate of drug-likeness (QED) is 0.552. The lowest BCUT2D eigenvalue weighted by atomic mass is 10.0. The molecule has 0 unspecified atom stereocenters. The second kappa shape index (κ2) is 7.07. The molecule has 0 aliphatic heterocycles. The minimum Gasteiger partial charge on any atom is -0.492 e. The smallest absolute Gasteiger partial charge is 0.423 e. The lowest BCUT2D eigenvalue weighted by Gasteiger charge is -2.18. The van der Waals surface area contributed by atoms with E-state index in [0.717, 1.165) is 18.4 Å². The second-order valence-electron chi connectivity index (χ2n) is 7.27. The molecule has 0 spiro atoms. The van der Waals surface area contributed by atoms with Crippen LogP contribution in [0.25, 0.3) is 5.65 Å². The number of ether oxygens (including phenoxy) is 1. The van der Waals surface area contributed by atoms with Gasteiger partial charge < -0.3 is 4.74 Å². The van der Waals surface area contributed by atoms with Crippen molar-refractivity contribution < 1.29 is 22.3 Å². The van der Waals surface area contributed by atoms with E-state index < -0.39 is 11.7 Å². The van der Waals surface area contributed by atoms with Gasteiger partial charge in [0.1, 0.15) is 23.0 Å². The second-order valence-corrected chi connectivity index (χ2v) is 7.27. The van der Waals surface area contributed by atoms with Crippen LogP contribution in [0.4, 0.5) is 17.6 Å². The lowest BCUT2D eigenvalue weighted by Crippen LogP contribution is -2.14. The summed E-state index contributed by atoms with van der Waals surface area (Å²) in [6, 6.07) is 7.14. The van der Waals surface area contributed by atoms with E-state index in [1.807, 2.05) is 6.92 Å².